The van der Waals surface area contributed by atoms with Crippen LogP contribution in [0.2, 0.25) is 0 Å². The molecule has 1 aromatic carbocycles. The number of carbonyl (C=O) groups excluding carboxylic acids is 2. The largest absolute Gasteiger partial charge is 0.371 e. The fourth-order valence-electron chi connectivity index (χ4n) is 4.77. The number of amides is 2. The maximum absolute atomic E-state index is 12.8. The van der Waals surface area contributed by atoms with Crippen LogP contribution in [0.25, 0.3) is 11.2 Å². The Kier molecular flexibility index (Phi) is 6.99. The van der Waals surface area contributed by atoms with Crippen molar-refractivity contribution in [2.75, 3.05) is 37.8 Å². The van der Waals surface area contributed by atoms with Crippen molar-refractivity contribution in [1.82, 2.24) is 35.1 Å². The fraction of sp³-hybridized carbons (Fsp3) is 0.480. The molecule has 0 atom stereocenters. The van der Waals surface area contributed by atoms with Crippen LogP contribution in [0.1, 0.15) is 37.7 Å². The second kappa shape index (κ2) is 10.5. The Hall–Kier alpha value is -3.73. The fourth-order valence-corrected chi connectivity index (χ4v) is 4.77. The first kappa shape index (κ1) is 24.0. The van der Waals surface area contributed by atoms with Crippen molar-refractivity contribution in [3.05, 3.63) is 36.2 Å². The molecule has 1 saturated carbocycles. The Morgan fingerprint density at radius 2 is 1.89 bits per heavy atom. The molecule has 11 heteroatoms. The first-order chi connectivity index (χ1) is 17.5. The quantitative estimate of drug-likeness (QED) is 0.397. The first-order valence-corrected chi connectivity index (χ1v) is 12.6. The molecule has 1 saturated heterocycles. The molecule has 0 spiro atoms. The third-order valence-electron chi connectivity index (χ3n) is 7.08. The van der Waals surface area contributed by atoms with Crippen molar-refractivity contribution in [2.24, 2.45) is 5.92 Å². The van der Waals surface area contributed by atoms with Gasteiger partial charge in [0.2, 0.25) is 11.9 Å². The number of nitrogens with zero attached hydrogens (tertiary/aromatic N) is 5. The second-order valence-corrected chi connectivity index (χ2v) is 9.50. The van der Waals surface area contributed by atoms with E-state index in [-0.39, 0.29) is 23.9 Å². The standard InChI is InChI=1S/C25H33N9O2/c1-26-21-20-22(34(15-28-20)25(36)30-18-6-4-7-18)32-24(31-21)29-19-8-3-5-16(13-19)14-33-11-9-17(10-12-33)23(35)27-2/h3,5,8,13,15,17-18H,4,6-7,9-12,14H2,1-2H3,(H,27,35)(H,30,36)(H2,26,29,31,32). The van der Waals surface area contributed by atoms with Gasteiger partial charge in [0, 0.05) is 38.3 Å². The van der Waals surface area contributed by atoms with Gasteiger partial charge in [0.1, 0.15) is 6.33 Å². The van der Waals surface area contributed by atoms with Gasteiger partial charge in [-0.2, -0.15) is 9.97 Å². The SMILES string of the molecule is CNC(=O)C1CCN(Cc2cccc(Nc3nc(NC)c4ncn(C(=O)NC5CCC5)c4n3)c2)CC1. The molecule has 36 heavy (non-hydrogen) atoms. The molecule has 11 nitrogen and oxygen atoms in total. The highest BCUT2D eigenvalue weighted by atomic mass is 16.2. The van der Waals surface area contributed by atoms with Crippen molar-refractivity contribution in [1.29, 1.82) is 0 Å². The van der Waals surface area contributed by atoms with Crippen LogP contribution in [-0.2, 0) is 11.3 Å². The van der Waals surface area contributed by atoms with Crippen molar-refractivity contribution < 1.29 is 9.59 Å². The van der Waals surface area contributed by atoms with Gasteiger partial charge in [-0.1, -0.05) is 12.1 Å². The van der Waals surface area contributed by atoms with Crippen molar-refractivity contribution in [3.63, 3.8) is 0 Å². The molecule has 0 unspecified atom stereocenters. The van der Waals surface area contributed by atoms with Gasteiger partial charge in [0.15, 0.2) is 17.0 Å². The molecular weight excluding hydrogens is 458 g/mol. The van der Waals surface area contributed by atoms with Crippen molar-refractivity contribution >= 4 is 40.6 Å². The second-order valence-electron chi connectivity index (χ2n) is 9.50. The topological polar surface area (TPSA) is 129 Å². The number of hydrogen-bond acceptors (Lipinski definition) is 8. The molecule has 0 radical (unpaired) electrons. The molecule has 3 aromatic rings. The van der Waals surface area contributed by atoms with Gasteiger partial charge >= 0.3 is 6.03 Å². The molecular formula is C25H33N9O2. The van der Waals surface area contributed by atoms with Gasteiger partial charge < -0.3 is 21.3 Å². The minimum atomic E-state index is -0.226. The van der Waals surface area contributed by atoms with Crippen LogP contribution in [0.5, 0.6) is 0 Å². The normalized spacial score (nSPS) is 16.9. The number of likely N-dealkylation sites (tertiary alicyclic amines) is 1. The number of fused-ring (bicyclic) bond motifs is 1. The number of rotatable bonds is 7. The van der Waals surface area contributed by atoms with Crippen LogP contribution in [0.4, 0.5) is 22.2 Å². The summed E-state index contributed by atoms with van der Waals surface area (Å²) < 4.78 is 1.44. The monoisotopic (exact) mass is 491 g/mol. The maximum atomic E-state index is 12.8. The van der Waals surface area contributed by atoms with Crippen LogP contribution in [0, 0.1) is 5.92 Å². The molecule has 1 aliphatic carbocycles. The Balaban J connectivity index is 1.30. The van der Waals surface area contributed by atoms with E-state index < -0.39 is 0 Å². The number of aromatic nitrogens is 4. The molecule has 0 bridgehead atoms. The van der Waals surface area contributed by atoms with E-state index in [9.17, 15) is 9.59 Å². The molecule has 190 valence electrons. The number of carbonyl (C=O) groups is 2. The van der Waals surface area contributed by atoms with E-state index in [0.29, 0.717) is 22.9 Å². The Morgan fingerprint density at radius 3 is 2.58 bits per heavy atom. The number of imidazole rings is 1. The Morgan fingerprint density at radius 1 is 1.08 bits per heavy atom. The zero-order chi connectivity index (χ0) is 25.1. The van der Waals surface area contributed by atoms with E-state index in [2.05, 4.69) is 53.3 Å². The van der Waals surface area contributed by atoms with E-state index in [4.69, 9.17) is 0 Å². The smallest absolute Gasteiger partial charge is 0.328 e. The van der Waals surface area contributed by atoms with Gasteiger partial charge in [0.25, 0.3) is 0 Å². The Bertz CT molecular complexity index is 1250. The highest BCUT2D eigenvalue weighted by Crippen LogP contribution is 2.25. The van der Waals surface area contributed by atoms with E-state index in [1.807, 2.05) is 12.1 Å². The van der Waals surface area contributed by atoms with E-state index in [1.54, 1.807) is 14.1 Å². The summed E-state index contributed by atoms with van der Waals surface area (Å²) in [6, 6.07) is 8.14. The van der Waals surface area contributed by atoms with Gasteiger partial charge in [0.05, 0.1) is 0 Å². The van der Waals surface area contributed by atoms with Gasteiger partial charge in [-0.15, -0.1) is 0 Å². The molecule has 1 aliphatic heterocycles. The lowest BCUT2D eigenvalue weighted by Crippen LogP contribution is -2.41. The summed E-state index contributed by atoms with van der Waals surface area (Å²) in [6.45, 7) is 2.60. The number of hydrogen-bond donors (Lipinski definition) is 4. The number of piperidine rings is 1. The molecule has 2 amide bonds. The molecule has 5 rings (SSSR count). The average Bonchev–Trinajstić information content (AvgIpc) is 3.30. The first-order valence-electron chi connectivity index (χ1n) is 12.6. The lowest BCUT2D eigenvalue weighted by molar-refractivity contribution is -0.125. The number of benzene rings is 1. The van der Waals surface area contributed by atoms with Crippen LogP contribution in [0.15, 0.2) is 30.6 Å². The highest BCUT2D eigenvalue weighted by Gasteiger charge is 2.25. The zero-order valence-corrected chi connectivity index (χ0v) is 20.8. The molecule has 2 aliphatic rings. The van der Waals surface area contributed by atoms with Crippen molar-refractivity contribution in [3.8, 4) is 0 Å². The Labute approximate surface area is 210 Å². The summed E-state index contributed by atoms with van der Waals surface area (Å²) in [5.74, 6) is 1.18. The lowest BCUT2D eigenvalue weighted by Gasteiger charge is -2.31. The van der Waals surface area contributed by atoms with E-state index >= 15 is 0 Å². The van der Waals surface area contributed by atoms with Crippen LogP contribution in [-0.4, -0.2) is 69.6 Å². The van der Waals surface area contributed by atoms with Crippen LogP contribution < -0.4 is 21.3 Å². The minimum Gasteiger partial charge on any atom is -0.371 e. The summed E-state index contributed by atoms with van der Waals surface area (Å²) in [4.78, 5) is 40.6. The third-order valence-corrected chi connectivity index (χ3v) is 7.08. The van der Waals surface area contributed by atoms with Gasteiger partial charge in [-0.3, -0.25) is 9.69 Å². The highest BCUT2D eigenvalue weighted by molar-refractivity contribution is 5.92. The molecule has 2 fully saturated rings. The predicted molar refractivity (Wildman–Crippen MR) is 138 cm³/mol. The summed E-state index contributed by atoms with van der Waals surface area (Å²) in [7, 11) is 3.47. The van der Waals surface area contributed by atoms with Crippen LogP contribution in [0.3, 0.4) is 0 Å². The van der Waals surface area contributed by atoms with E-state index in [1.165, 1.54) is 16.5 Å². The summed E-state index contributed by atoms with van der Waals surface area (Å²) in [5.41, 5.74) is 3.02. The van der Waals surface area contributed by atoms with E-state index in [0.717, 1.165) is 57.4 Å². The average molecular weight is 492 g/mol. The summed E-state index contributed by atoms with van der Waals surface area (Å²) >= 11 is 0. The van der Waals surface area contributed by atoms with Gasteiger partial charge in [-0.25, -0.2) is 14.3 Å². The lowest BCUT2D eigenvalue weighted by atomic mass is 9.93. The van der Waals surface area contributed by atoms with Crippen LogP contribution >= 0.6 is 0 Å². The van der Waals surface area contributed by atoms with Gasteiger partial charge in [-0.05, 0) is 62.9 Å². The minimum absolute atomic E-state index is 0.108. The predicted octanol–water partition coefficient (Wildman–Crippen LogP) is 2.68. The molecule has 4 N–H and O–H groups in total. The maximum Gasteiger partial charge on any atom is 0.328 e. The third kappa shape index (κ3) is 5.11. The number of anilines is 3. The molecule has 3 heterocycles. The van der Waals surface area contributed by atoms with Crippen molar-refractivity contribution in [2.45, 2.75) is 44.7 Å². The summed E-state index contributed by atoms with van der Waals surface area (Å²) in [6.07, 6.45) is 6.39. The zero-order valence-electron chi connectivity index (χ0n) is 20.8. The molecule has 2 aromatic heterocycles. The number of nitrogens with one attached hydrogen (secondary N) is 4. The summed E-state index contributed by atoms with van der Waals surface area (Å²) in [5, 5.41) is 12.1.